The molecular weight excluding hydrogens is 404 g/mol. The SMILES string of the molecule is C[C@H](Nc1ncnc2[nH]cnc12)C1=Cc2cccc(Cl)c2SN1c1ccccc1. The van der Waals surface area contributed by atoms with Gasteiger partial charge in [-0.2, -0.15) is 0 Å². The second-order valence-electron chi connectivity index (χ2n) is 6.64. The Labute approximate surface area is 177 Å². The highest BCUT2D eigenvalue weighted by molar-refractivity contribution is 8.01. The Kier molecular flexibility index (Phi) is 4.61. The summed E-state index contributed by atoms with van der Waals surface area (Å²) < 4.78 is 2.20. The summed E-state index contributed by atoms with van der Waals surface area (Å²) in [5, 5.41) is 4.24. The number of fused-ring (bicyclic) bond motifs is 2. The van der Waals surface area contributed by atoms with Crippen LogP contribution in [0.15, 0.2) is 71.8 Å². The van der Waals surface area contributed by atoms with Gasteiger partial charge in [0.2, 0.25) is 0 Å². The zero-order valence-corrected chi connectivity index (χ0v) is 17.1. The van der Waals surface area contributed by atoms with Crippen LogP contribution < -0.4 is 9.62 Å². The van der Waals surface area contributed by atoms with Crippen LogP contribution in [0.25, 0.3) is 17.2 Å². The highest BCUT2D eigenvalue weighted by atomic mass is 35.5. The average Bonchev–Trinajstić information content (AvgIpc) is 3.24. The van der Waals surface area contributed by atoms with E-state index < -0.39 is 0 Å². The van der Waals surface area contributed by atoms with E-state index in [0.717, 1.165) is 32.4 Å². The summed E-state index contributed by atoms with van der Waals surface area (Å²) in [6.45, 7) is 2.11. The van der Waals surface area contributed by atoms with Crippen LogP contribution in [-0.4, -0.2) is 26.0 Å². The second kappa shape index (κ2) is 7.42. The summed E-state index contributed by atoms with van der Waals surface area (Å²) in [7, 11) is 0. The predicted octanol–water partition coefficient (Wildman–Crippen LogP) is 5.38. The quantitative estimate of drug-likeness (QED) is 0.432. The minimum absolute atomic E-state index is 0.0374. The van der Waals surface area contributed by atoms with Gasteiger partial charge in [0.05, 0.1) is 33.7 Å². The number of para-hydroxylation sites is 1. The largest absolute Gasteiger partial charge is 0.360 e. The van der Waals surface area contributed by atoms with Crippen LogP contribution in [0.5, 0.6) is 0 Å². The summed E-state index contributed by atoms with van der Waals surface area (Å²) in [4.78, 5) is 17.0. The number of benzene rings is 2. The molecule has 144 valence electrons. The normalized spacial score (nSPS) is 14.4. The Bertz CT molecular complexity index is 1210. The van der Waals surface area contributed by atoms with Crippen LogP contribution in [0, 0.1) is 0 Å². The number of H-pyrrole nitrogens is 1. The topological polar surface area (TPSA) is 69.7 Å². The van der Waals surface area contributed by atoms with Crippen molar-refractivity contribution < 1.29 is 0 Å². The number of imidazole rings is 1. The van der Waals surface area contributed by atoms with Crippen LogP contribution in [0.1, 0.15) is 12.5 Å². The smallest absolute Gasteiger partial charge is 0.162 e. The highest BCUT2D eigenvalue weighted by Gasteiger charge is 2.26. The third kappa shape index (κ3) is 3.32. The van der Waals surface area contributed by atoms with Crippen molar-refractivity contribution in [3.63, 3.8) is 0 Å². The van der Waals surface area contributed by atoms with Crippen LogP contribution in [0.4, 0.5) is 11.5 Å². The number of hydrogen-bond donors (Lipinski definition) is 2. The fraction of sp³-hybridized carbons (Fsp3) is 0.0952. The molecule has 8 heteroatoms. The molecule has 0 radical (unpaired) electrons. The molecule has 0 fully saturated rings. The third-order valence-corrected chi connectivity index (χ3v) is 6.39. The van der Waals surface area contributed by atoms with Gasteiger partial charge in [0, 0.05) is 0 Å². The second-order valence-corrected chi connectivity index (χ2v) is 8.00. The molecule has 1 atom stereocenters. The zero-order valence-electron chi connectivity index (χ0n) is 15.5. The van der Waals surface area contributed by atoms with Crippen molar-refractivity contribution in [1.29, 1.82) is 0 Å². The molecule has 0 spiro atoms. The molecule has 6 nitrogen and oxygen atoms in total. The molecular formula is C21H17ClN6S. The van der Waals surface area contributed by atoms with E-state index in [1.807, 2.05) is 30.3 Å². The fourth-order valence-corrected chi connectivity index (χ4v) is 4.71. The maximum Gasteiger partial charge on any atom is 0.162 e. The van der Waals surface area contributed by atoms with Crippen molar-refractivity contribution in [2.75, 3.05) is 9.62 Å². The molecule has 2 aromatic heterocycles. The minimum Gasteiger partial charge on any atom is -0.360 e. The Morgan fingerprint density at radius 2 is 1.93 bits per heavy atom. The lowest BCUT2D eigenvalue weighted by Crippen LogP contribution is -2.30. The first-order valence-corrected chi connectivity index (χ1v) is 10.3. The lowest BCUT2D eigenvalue weighted by molar-refractivity contribution is 0.901. The molecule has 0 saturated carbocycles. The average molecular weight is 421 g/mol. The summed E-state index contributed by atoms with van der Waals surface area (Å²) in [6, 6.07) is 16.2. The number of aromatic nitrogens is 4. The van der Waals surface area contributed by atoms with Crippen molar-refractivity contribution in [3.05, 3.63) is 77.5 Å². The van der Waals surface area contributed by atoms with E-state index in [0.29, 0.717) is 11.5 Å². The van der Waals surface area contributed by atoms with E-state index in [4.69, 9.17) is 11.6 Å². The van der Waals surface area contributed by atoms with Gasteiger partial charge in [0.15, 0.2) is 11.5 Å². The lowest BCUT2D eigenvalue weighted by Gasteiger charge is -2.34. The maximum absolute atomic E-state index is 6.48. The molecule has 0 unspecified atom stereocenters. The molecule has 5 rings (SSSR count). The summed E-state index contributed by atoms with van der Waals surface area (Å²) >= 11 is 8.11. The maximum atomic E-state index is 6.48. The molecule has 2 aromatic carbocycles. The Hall–Kier alpha value is -3.03. The van der Waals surface area contributed by atoms with Crippen LogP contribution >= 0.6 is 23.5 Å². The molecule has 1 aliphatic heterocycles. The molecule has 0 bridgehead atoms. The Morgan fingerprint density at radius 1 is 1.07 bits per heavy atom. The van der Waals surface area contributed by atoms with E-state index in [9.17, 15) is 0 Å². The molecule has 3 heterocycles. The van der Waals surface area contributed by atoms with E-state index in [1.165, 1.54) is 6.33 Å². The van der Waals surface area contributed by atoms with Crippen LogP contribution in [0.3, 0.4) is 0 Å². The third-order valence-electron chi connectivity index (χ3n) is 4.72. The molecule has 0 aliphatic carbocycles. The van der Waals surface area contributed by atoms with E-state index in [2.05, 4.69) is 60.8 Å². The first-order chi connectivity index (χ1) is 14.2. The predicted molar refractivity (Wildman–Crippen MR) is 119 cm³/mol. The zero-order chi connectivity index (χ0) is 19.8. The summed E-state index contributed by atoms with van der Waals surface area (Å²) in [5.41, 5.74) is 4.71. The van der Waals surface area contributed by atoms with E-state index in [1.54, 1.807) is 18.3 Å². The van der Waals surface area contributed by atoms with Gasteiger partial charge in [-0.05, 0) is 48.7 Å². The highest BCUT2D eigenvalue weighted by Crippen LogP contribution is 2.44. The molecule has 0 amide bonds. The minimum atomic E-state index is -0.0374. The monoisotopic (exact) mass is 420 g/mol. The van der Waals surface area contributed by atoms with Crippen molar-refractivity contribution in [2.45, 2.75) is 17.9 Å². The molecule has 4 aromatic rings. The van der Waals surface area contributed by atoms with E-state index in [-0.39, 0.29) is 6.04 Å². The number of aromatic amines is 1. The first-order valence-electron chi connectivity index (χ1n) is 9.14. The number of hydrogen-bond acceptors (Lipinski definition) is 6. The van der Waals surface area contributed by atoms with Crippen molar-refractivity contribution in [2.24, 2.45) is 0 Å². The van der Waals surface area contributed by atoms with Crippen molar-refractivity contribution >= 4 is 52.3 Å². The fourth-order valence-electron chi connectivity index (χ4n) is 3.31. The van der Waals surface area contributed by atoms with Gasteiger partial charge < -0.3 is 10.3 Å². The number of nitrogens with zero attached hydrogens (tertiary/aromatic N) is 4. The summed E-state index contributed by atoms with van der Waals surface area (Å²) in [6.07, 6.45) is 5.33. The van der Waals surface area contributed by atoms with Crippen molar-refractivity contribution in [3.8, 4) is 0 Å². The van der Waals surface area contributed by atoms with Gasteiger partial charge in [0.1, 0.15) is 11.8 Å². The van der Waals surface area contributed by atoms with Crippen molar-refractivity contribution in [1.82, 2.24) is 19.9 Å². The molecule has 0 saturated heterocycles. The first kappa shape index (κ1) is 18.0. The number of anilines is 2. The lowest BCUT2D eigenvalue weighted by atomic mass is 10.1. The van der Waals surface area contributed by atoms with Gasteiger partial charge in [-0.3, -0.25) is 4.31 Å². The van der Waals surface area contributed by atoms with Crippen LogP contribution in [0.2, 0.25) is 5.02 Å². The van der Waals surface area contributed by atoms with Crippen LogP contribution in [-0.2, 0) is 0 Å². The van der Waals surface area contributed by atoms with E-state index >= 15 is 0 Å². The molecule has 1 aliphatic rings. The Morgan fingerprint density at radius 3 is 2.79 bits per heavy atom. The molecule has 29 heavy (non-hydrogen) atoms. The van der Waals surface area contributed by atoms with Gasteiger partial charge in [0.25, 0.3) is 0 Å². The van der Waals surface area contributed by atoms with Gasteiger partial charge in [-0.25, -0.2) is 15.0 Å². The van der Waals surface area contributed by atoms with Gasteiger partial charge in [-0.15, -0.1) is 0 Å². The summed E-state index contributed by atoms with van der Waals surface area (Å²) in [5.74, 6) is 0.694. The number of nitrogens with one attached hydrogen (secondary N) is 2. The van der Waals surface area contributed by atoms with Gasteiger partial charge >= 0.3 is 0 Å². The molecule has 2 N–H and O–H groups in total. The van der Waals surface area contributed by atoms with Gasteiger partial charge in [-0.1, -0.05) is 41.9 Å². The Balaban J connectivity index is 1.56. The standard InChI is InChI=1S/C21H17ClN6S/c1-13(27-21-18-20(24-11-23-18)25-12-26-21)17-10-14-6-5-9-16(22)19(14)29-28(17)15-7-3-2-4-8-15/h2-13H,1H3,(H2,23,24,25,26,27)/t13-/m0/s1. The number of halogens is 1. The number of rotatable bonds is 4.